The maximum atomic E-state index is 11.4. The SMILES string of the molecule is N#Cc1ccc(N2CCC(Nc3cn[nH]c(=O)c3Cl)CC2)nc1. The van der Waals surface area contributed by atoms with Crippen LogP contribution in [0.1, 0.15) is 18.4 Å². The van der Waals surface area contributed by atoms with Crippen LogP contribution in [-0.2, 0) is 0 Å². The largest absolute Gasteiger partial charge is 0.380 e. The number of nitriles is 1. The van der Waals surface area contributed by atoms with E-state index in [9.17, 15) is 4.79 Å². The van der Waals surface area contributed by atoms with Gasteiger partial charge in [-0.2, -0.15) is 10.4 Å². The predicted molar refractivity (Wildman–Crippen MR) is 87.7 cm³/mol. The van der Waals surface area contributed by atoms with E-state index in [4.69, 9.17) is 16.9 Å². The minimum absolute atomic E-state index is 0.135. The van der Waals surface area contributed by atoms with Crippen LogP contribution in [0, 0.1) is 11.3 Å². The predicted octanol–water partition coefficient (Wildman–Crippen LogP) is 1.77. The average Bonchev–Trinajstić information content (AvgIpc) is 2.60. The number of piperidine rings is 1. The van der Waals surface area contributed by atoms with Gasteiger partial charge in [-0.1, -0.05) is 11.6 Å². The minimum atomic E-state index is -0.393. The van der Waals surface area contributed by atoms with Crippen molar-refractivity contribution in [1.82, 2.24) is 15.2 Å². The van der Waals surface area contributed by atoms with Gasteiger partial charge in [-0.15, -0.1) is 0 Å². The molecule has 1 aliphatic heterocycles. The molecule has 2 aromatic heterocycles. The van der Waals surface area contributed by atoms with Crippen LogP contribution in [0.4, 0.5) is 11.5 Å². The number of hydrogen-bond acceptors (Lipinski definition) is 6. The summed E-state index contributed by atoms with van der Waals surface area (Å²) in [6.45, 7) is 1.68. The molecule has 0 atom stereocenters. The Labute approximate surface area is 137 Å². The van der Waals surface area contributed by atoms with E-state index >= 15 is 0 Å². The highest BCUT2D eigenvalue weighted by Crippen LogP contribution is 2.22. The molecule has 8 heteroatoms. The lowest BCUT2D eigenvalue weighted by Crippen LogP contribution is -2.39. The Morgan fingerprint density at radius 1 is 1.35 bits per heavy atom. The van der Waals surface area contributed by atoms with Crippen molar-refractivity contribution < 1.29 is 0 Å². The third-order valence-corrected chi connectivity index (χ3v) is 4.23. The van der Waals surface area contributed by atoms with Crippen LogP contribution >= 0.6 is 11.6 Å². The minimum Gasteiger partial charge on any atom is -0.380 e. The molecule has 3 rings (SSSR count). The number of nitrogens with one attached hydrogen (secondary N) is 2. The van der Waals surface area contributed by atoms with Crippen molar-refractivity contribution >= 4 is 23.1 Å². The van der Waals surface area contributed by atoms with Crippen LogP contribution in [0.15, 0.2) is 29.3 Å². The van der Waals surface area contributed by atoms with Gasteiger partial charge in [0.25, 0.3) is 5.56 Å². The molecule has 2 aromatic rings. The van der Waals surface area contributed by atoms with Gasteiger partial charge in [0, 0.05) is 25.3 Å². The molecule has 118 valence electrons. The highest BCUT2D eigenvalue weighted by atomic mass is 35.5. The Bertz CT molecular complexity index is 774. The molecule has 3 heterocycles. The summed E-state index contributed by atoms with van der Waals surface area (Å²) in [5, 5.41) is 18.3. The van der Waals surface area contributed by atoms with Crippen LogP contribution < -0.4 is 15.8 Å². The maximum absolute atomic E-state index is 11.4. The molecule has 0 spiro atoms. The van der Waals surface area contributed by atoms with Gasteiger partial charge in [0.1, 0.15) is 16.9 Å². The number of rotatable bonds is 3. The number of nitrogens with zero attached hydrogens (tertiary/aromatic N) is 4. The van der Waals surface area contributed by atoms with Crippen LogP contribution in [0.25, 0.3) is 0 Å². The van der Waals surface area contributed by atoms with Gasteiger partial charge in [-0.25, -0.2) is 10.1 Å². The van der Waals surface area contributed by atoms with Crippen molar-refractivity contribution in [2.45, 2.75) is 18.9 Å². The quantitative estimate of drug-likeness (QED) is 0.890. The Morgan fingerprint density at radius 3 is 2.78 bits per heavy atom. The second-order valence-corrected chi connectivity index (χ2v) is 5.73. The van der Waals surface area contributed by atoms with Crippen LogP contribution in [-0.4, -0.2) is 34.3 Å². The van der Waals surface area contributed by atoms with Gasteiger partial charge in [0.05, 0.1) is 17.4 Å². The first-order valence-electron chi connectivity index (χ1n) is 7.28. The topological polar surface area (TPSA) is 97.7 Å². The summed E-state index contributed by atoms with van der Waals surface area (Å²) in [6, 6.07) is 5.93. The molecular weight excluding hydrogens is 316 g/mol. The van der Waals surface area contributed by atoms with Crippen molar-refractivity contribution in [3.8, 4) is 6.07 Å². The average molecular weight is 331 g/mol. The number of H-pyrrole nitrogens is 1. The molecule has 1 saturated heterocycles. The van der Waals surface area contributed by atoms with Gasteiger partial charge in [0.2, 0.25) is 0 Å². The zero-order valence-corrected chi connectivity index (χ0v) is 13.0. The summed E-state index contributed by atoms with van der Waals surface area (Å²) in [7, 11) is 0. The van der Waals surface area contributed by atoms with E-state index in [2.05, 4.69) is 31.5 Å². The van der Waals surface area contributed by atoms with Crippen molar-refractivity contribution in [1.29, 1.82) is 5.26 Å². The third-order valence-electron chi connectivity index (χ3n) is 3.85. The summed E-state index contributed by atoms with van der Waals surface area (Å²) in [5.74, 6) is 0.873. The molecule has 0 amide bonds. The summed E-state index contributed by atoms with van der Waals surface area (Å²) < 4.78 is 0. The maximum Gasteiger partial charge on any atom is 0.285 e. The molecule has 0 saturated carbocycles. The summed E-state index contributed by atoms with van der Waals surface area (Å²) in [5.41, 5.74) is 0.725. The molecule has 0 aliphatic carbocycles. The molecule has 1 aliphatic rings. The van der Waals surface area contributed by atoms with E-state index in [-0.39, 0.29) is 11.1 Å². The van der Waals surface area contributed by atoms with Gasteiger partial charge in [-0.05, 0) is 25.0 Å². The fraction of sp³-hybridized carbons (Fsp3) is 0.333. The number of hydrogen-bond donors (Lipinski definition) is 2. The van der Waals surface area contributed by atoms with Crippen LogP contribution in [0.5, 0.6) is 0 Å². The smallest absolute Gasteiger partial charge is 0.285 e. The van der Waals surface area contributed by atoms with E-state index in [1.165, 1.54) is 6.20 Å². The van der Waals surface area contributed by atoms with E-state index in [0.29, 0.717) is 11.3 Å². The van der Waals surface area contributed by atoms with Gasteiger partial charge >= 0.3 is 0 Å². The van der Waals surface area contributed by atoms with E-state index in [1.54, 1.807) is 12.3 Å². The number of anilines is 2. The fourth-order valence-electron chi connectivity index (χ4n) is 2.60. The Hall–Kier alpha value is -2.59. The monoisotopic (exact) mass is 330 g/mol. The third kappa shape index (κ3) is 3.43. The first-order chi connectivity index (χ1) is 11.2. The molecule has 2 N–H and O–H groups in total. The second kappa shape index (κ2) is 6.67. The van der Waals surface area contributed by atoms with Gasteiger partial charge < -0.3 is 10.2 Å². The molecule has 0 radical (unpaired) electrons. The molecule has 0 unspecified atom stereocenters. The molecule has 1 fully saturated rings. The standard InChI is InChI=1S/C15H15ClN6O/c16-14-12(9-19-21-15(14)23)20-11-3-5-22(6-4-11)13-2-1-10(7-17)8-18-13/h1-2,8-9,11H,3-6H2,(H2,20,21,23). The van der Waals surface area contributed by atoms with Crippen molar-refractivity contribution in [3.05, 3.63) is 45.5 Å². The number of aromatic nitrogens is 3. The number of aromatic amines is 1. The van der Waals surface area contributed by atoms with Crippen molar-refractivity contribution in [3.63, 3.8) is 0 Å². The van der Waals surface area contributed by atoms with E-state index in [0.717, 1.165) is 31.7 Å². The van der Waals surface area contributed by atoms with Crippen molar-refractivity contribution in [2.24, 2.45) is 0 Å². The fourth-order valence-corrected chi connectivity index (χ4v) is 2.74. The first kappa shape index (κ1) is 15.3. The number of halogens is 1. The second-order valence-electron chi connectivity index (χ2n) is 5.35. The zero-order valence-electron chi connectivity index (χ0n) is 12.3. The Kier molecular flexibility index (Phi) is 4.44. The van der Waals surface area contributed by atoms with Gasteiger partial charge in [0.15, 0.2) is 0 Å². The Balaban J connectivity index is 1.61. The lowest BCUT2D eigenvalue weighted by atomic mass is 10.0. The molecule has 23 heavy (non-hydrogen) atoms. The van der Waals surface area contributed by atoms with Gasteiger partial charge in [-0.3, -0.25) is 4.79 Å². The lowest BCUT2D eigenvalue weighted by molar-refractivity contribution is 0.523. The Morgan fingerprint density at radius 2 is 2.13 bits per heavy atom. The summed E-state index contributed by atoms with van der Waals surface area (Å²) in [4.78, 5) is 17.9. The highest BCUT2D eigenvalue weighted by molar-refractivity contribution is 6.32. The summed E-state index contributed by atoms with van der Waals surface area (Å²) in [6.07, 6.45) is 4.90. The van der Waals surface area contributed by atoms with E-state index < -0.39 is 5.56 Å². The van der Waals surface area contributed by atoms with Crippen LogP contribution in [0.3, 0.4) is 0 Å². The first-order valence-corrected chi connectivity index (χ1v) is 7.66. The normalized spacial score (nSPS) is 15.2. The molecular formula is C15H15ClN6O. The molecule has 0 bridgehead atoms. The number of pyridine rings is 1. The molecule has 7 nitrogen and oxygen atoms in total. The van der Waals surface area contributed by atoms with Crippen molar-refractivity contribution in [2.75, 3.05) is 23.3 Å². The summed E-state index contributed by atoms with van der Waals surface area (Å²) >= 11 is 5.97. The molecule has 0 aromatic carbocycles. The van der Waals surface area contributed by atoms with Crippen LogP contribution in [0.2, 0.25) is 5.02 Å². The van der Waals surface area contributed by atoms with E-state index in [1.807, 2.05) is 6.07 Å². The zero-order chi connectivity index (χ0) is 16.2. The highest BCUT2D eigenvalue weighted by Gasteiger charge is 2.21. The lowest BCUT2D eigenvalue weighted by Gasteiger charge is -2.33.